The monoisotopic (exact) mass is 591 g/mol. The summed E-state index contributed by atoms with van der Waals surface area (Å²) in [6, 6.07) is 8.16. The van der Waals surface area contributed by atoms with Gasteiger partial charge in [0.15, 0.2) is 0 Å². The molecule has 230 valence electrons. The molecule has 0 saturated carbocycles. The number of halogens is 1. The Morgan fingerprint density at radius 2 is 1.81 bits per heavy atom. The number of carbonyl (C=O) groups is 2. The van der Waals surface area contributed by atoms with Crippen molar-refractivity contribution >= 4 is 17.7 Å². The predicted octanol–water partition coefficient (Wildman–Crippen LogP) is 4.35. The van der Waals surface area contributed by atoms with E-state index in [0.717, 1.165) is 28.2 Å². The Morgan fingerprint density at radius 3 is 2.47 bits per heavy atom. The van der Waals surface area contributed by atoms with Gasteiger partial charge in [-0.2, -0.15) is 0 Å². The van der Waals surface area contributed by atoms with Crippen LogP contribution >= 0.6 is 0 Å². The summed E-state index contributed by atoms with van der Waals surface area (Å²) in [5.74, 6) is -0.293. The third-order valence-corrected chi connectivity index (χ3v) is 8.15. The van der Waals surface area contributed by atoms with Crippen LogP contribution in [-0.2, 0) is 27.9 Å². The molecule has 0 aliphatic carbocycles. The third kappa shape index (κ3) is 6.87. The minimum absolute atomic E-state index is 0.0224. The van der Waals surface area contributed by atoms with Gasteiger partial charge >= 0.3 is 6.09 Å². The lowest BCUT2D eigenvalue weighted by Gasteiger charge is -2.45. The standard InChI is InChI=1S/C32H42FN7O3/c1-21-14-35-36-40(21)18-26-17-38(30(42)43-31(3,4)5)22(2)16-37(26)19-28(41)39-20-32(6,7)29-27(39)13-24(15-34-29)12-23-8-10-25(33)11-9-23/h8-11,13-15,22,26H,12,16-20H2,1-7H3/t22-,26+/m1/s1. The number of rotatable bonds is 6. The molecule has 0 spiro atoms. The molecule has 0 bridgehead atoms. The summed E-state index contributed by atoms with van der Waals surface area (Å²) < 4.78 is 21.0. The topological polar surface area (TPSA) is 96.7 Å². The first kappa shape index (κ1) is 30.6. The van der Waals surface area contributed by atoms with Gasteiger partial charge in [0.05, 0.1) is 36.4 Å². The van der Waals surface area contributed by atoms with Crippen LogP contribution in [0.1, 0.15) is 64.1 Å². The molecule has 1 fully saturated rings. The van der Waals surface area contributed by atoms with Crippen LogP contribution in [0.25, 0.3) is 0 Å². The highest BCUT2D eigenvalue weighted by Crippen LogP contribution is 2.40. The van der Waals surface area contributed by atoms with Crippen LogP contribution in [-0.4, -0.2) is 85.6 Å². The Morgan fingerprint density at radius 1 is 1.09 bits per heavy atom. The number of amides is 2. The summed E-state index contributed by atoms with van der Waals surface area (Å²) in [6.45, 7) is 15.8. The molecule has 43 heavy (non-hydrogen) atoms. The lowest BCUT2D eigenvalue weighted by molar-refractivity contribution is -0.121. The van der Waals surface area contributed by atoms with Gasteiger partial charge in [0.2, 0.25) is 5.91 Å². The fourth-order valence-corrected chi connectivity index (χ4v) is 5.93. The highest BCUT2D eigenvalue weighted by Gasteiger charge is 2.42. The van der Waals surface area contributed by atoms with Gasteiger partial charge in [0, 0.05) is 43.3 Å². The summed E-state index contributed by atoms with van der Waals surface area (Å²) >= 11 is 0. The van der Waals surface area contributed by atoms with Gasteiger partial charge in [-0.05, 0) is 70.4 Å². The molecular weight excluding hydrogens is 549 g/mol. The number of carbonyl (C=O) groups excluding carboxylic acids is 2. The minimum Gasteiger partial charge on any atom is -0.444 e. The number of fused-ring (bicyclic) bond motifs is 1. The molecule has 5 rings (SSSR count). The van der Waals surface area contributed by atoms with Gasteiger partial charge in [-0.25, -0.2) is 13.9 Å². The average Bonchev–Trinajstić information content (AvgIpc) is 3.44. The van der Waals surface area contributed by atoms with E-state index >= 15 is 0 Å². The quantitative estimate of drug-likeness (QED) is 0.421. The highest BCUT2D eigenvalue weighted by atomic mass is 19.1. The molecule has 0 N–H and O–H groups in total. The SMILES string of the molecule is Cc1cnnn1C[C@@H]1CN(C(=O)OC(C)(C)C)[C@H](C)CN1CC(=O)N1CC(C)(C)c2ncc(Cc3ccc(F)cc3)cc21. The van der Waals surface area contributed by atoms with Crippen molar-refractivity contribution in [3.05, 3.63) is 71.1 Å². The first-order valence-electron chi connectivity index (χ1n) is 14.8. The highest BCUT2D eigenvalue weighted by molar-refractivity contribution is 5.97. The largest absolute Gasteiger partial charge is 0.444 e. The van der Waals surface area contributed by atoms with Crippen molar-refractivity contribution in [3.8, 4) is 0 Å². The molecule has 10 nitrogen and oxygen atoms in total. The van der Waals surface area contributed by atoms with E-state index in [1.165, 1.54) is 12.1 Å². The van der Waals surface area contributed by atoms with E-state index in [9.17, 15) is 14.0 Å². The number of aromatic nitrogens is 4. The number of hydrogen-bond donors (Lipinski definition) is 0. The van der Waals surface area contributed by atoms with Gasteiger partial charge < -0.3 is 14.5 Å². The van der Waals surface area contributed by atoms with E-state index in [1.807, 2.05) is 56.5 Å². The van der Waals surface area contributed by atoms with Gasteiger partial charge in [-0.3, -0.25) is 14.7 Å². The summed E-state index contributed by atoms with van der Waals surface area (Å²) in [6.07, 6.45) is 3.78. The van der Waals surface area contributed by atoms with Crippen LogP contribution in [0, 0.1) is 12.7 Å². The molecule has 2 aliphatic heterocycles. The van der Waals surface area contributed by atoms with E-state index in [-0.39, 0.29) is 41.9 Å². The summed E-state index contributed by atoms with van der Waals surface area (Å²) in [4.78, 5) is 37.7. The molecule has 2 aromatic heterocycles. The molecule has 1 saturated heterocycles. The Balaban J connectivity index is 1.37. The normalized spacial score (nSPS) is 20.3. The maximum Gasteiger partial charge on any atom is 0.410 e. The summed E-state index contributed by atoms with van der Waals surface area (Å²) in [7, 11) is 0. The molecule has 0 radical (unpaired) electrons. The number of piperazine rings is 1. The van der Waals surface area contributed by atoms with Crippen molar-refractivity contribution in [2.24, 2.45) is 0 Å². The maximum atomic E-state index is 14.1. The summed E-state index contributed by atoms with van der Waals surface area (Å²) in [5, 5.41) is 8.25. The zero-order chi connectivity index (χ0) is 31.1. The molecule has 11 heteroatoms. The molecular formula is C32H42FN7O3. The second-order valence-corrected chi connectivity index (χ2v) is 13.5. The van der Waals surface area contributed by atoms with E-state index in [4.69, 9.17) is 9.72 Å². The van der Waals surface area contributed by atoms with Gasteiger partial charge in [0.1, 0.15) is 11.4 Å². The lowest BCUT2D eigenvalue weighted by atomic mass is 9.91. The minimum atomic E-state index is -0.610. The van der Waals surface area contributed by atoms with Crippen molar-refractivity contribution in [2.45, 2.75) is 84.5 Å². The predicted molar refractivity (Wildman–Crippen MR) is 161 cm³/mol. The van der Waals surface area contributed by atoms with E-state index in [1.54, 1.807) is 23.2 Å². The van der Waals surface area contributed by atoms with Crippen molar-refractivity contribution in [2.75, 3.05) is 31.1 Å². The van der Waals surface area contributed by atoms with Crippen LogP contribution in [0.5, 0.6) is 0 Å². The maximum absolute atomic E-state index is 14.1. The molecule has 2 amide bonds. The number of pyridine rings is 1. The third-order valence-electron chi connectivity index (χ3n) is 8.15. The van der Waals surface area contributed by atoms with Crippen LogP contribution in [0.15, 0.2) is 42.7 Å². The molecule has 4 heterocycles. The summed E-state index contributed by atoms with van der Waals surface area (Å²) in [5.41, 5.74) is 3.63. The molecule has 2 atom stereocenters. The van der Waals surface area contributed by atoms with Crippen molar-refractivity contribution in [1.29, 1.82) is 0 Å². The van der Waals surface area contributed by atoms with E-state index in [0.29, 0.717) is 32.6 Å². The van der Waals surface area contributed by atoms with Gasteiger partial charge in [-0.15, -0.1) is 5.10 Å². The van der Waals surface area contributed by atoms with Gasteiger partial charge in [0.25, 0.3) is 0 Å². The average molecular weight is 592 g/mol. The Hall–Kier alpha value is -3.86. The first-order valence-corrected chi connectivity index (χ1v) is 14.8. The van der Waals surface area contributed by atoms with Crippen molar-refractivity contribution in [1.82, 2.24) is 29.8 Å². The zero-order valence-corrected chi connectivity index (χ0v) is 26.2. The Bertz CT molecular complexity index is 1480. The number of nitrogens with zero attached hydrogens (tertiary/aromatic N) is 7. The second kappa shape index (κ2) is 11.7. The van der Waals surface area contributed by atoms with Crippen LogP contribution in [0.4, 0.5) is 14.9 Å². The van der Waals surface area contributed by atoms with Crippen molar-refractivity contribution in [3.63, 3.8) is 0 Å². The first-order chi connectivity index (χ1) is 20.2. The fraction of sp³-hybridized carbons (Fsp3) is 0.531. The number of ether oxygens (including phenoxy) is 1. The smallest absolute Gasteiger partial charge is 0.410 e. The molecule has 0 unspecified atom stereocenters. The number of benzene rings is 1. The van der Waals surface area contributed by atoms with Crippen LogP contribution in [0.3, 0.4) is 0 Å². The zero-order valence-electron chi connectivity index (χ0n) is 26.2. The van der Waals surface area contributed by atoms with Crippen LogP contribution in [0.2, 0.25) is 0 Å². The molecule has 1 aromatic carbocycles. The Kier molecular flexibility index (Phi) is 8.30. The second-order valence-electron chi connectivity index (χ2n) is 13.5. The fourth-order valence-electron chi connectivity index (χ4n) is 5.93. The number of anilines is 1. The van der Waals surface area contributed by atoms with E-state index < -0.39 is 5.60 Å². The lowest BCUT2D eigenvalue weighted by Crippen LogP contribution is -2.62. The van der Waals surface area contributed by atoms with E-state index in [2.05, 4.69) is 29.1 Å². The molecule has 3 aromatic rings. The number of aryl methyl sites for hydroxylation is 1. The Labute approximate surface area is 252 Å². The van der Waals surface area contributed by atoms with Crippen LogP contribution < -0.4 is 4.90 Å². The number of hydrogen-bond acceptors (Lipinski definition) is 7. The molecule has 2 aliphatic rings. The van der Waals surface area contributed by atoms with Gasteiger partial charge in [-0.1, -0.05) is 31.2 Å². The van der Waals surface area contributed by atoms with Crippen molar-refractivity contribution < 1.29 is 18.7 Å².